The van der Waals surface area contributed by atoms with Crippen LogP contribution in [0, 0.1) is 0 Å². The monoisotopic (exact) mass is 217 g/mol. The van der Waals surface area contributed by atoms with Gasteiger partial charge in [0.15, 0.2) is 0 Å². The molecular weight excluding hydrogens is 213 g/mol. The van der Waals surface area contributed by atoms with Crippen LogP contribution in [0.5, 0.6) is 0 Å². The van der Waals surface area contributed by atoms with Gasteiger partial charge in [-0.1, -0.05) is 23.2 Å². The first-order chi connectivity index (χ1) is 6.11. The van der Waals surface area contributed by atoms with E-state index in [1.54, 1.807) is 0 Å². The normalized spacial score (nSPS) is 10.6. The molecular formula is C7H5Cl2N3O. The number of primary amides is 1. The zero-order chi connectivity index (χ0) is 9.84. The highest BCUT2D eigenvalue weighted by Crippen LogP contribution is 2.20. The quantitative estimate of drug-likeness (QED) is 0.600. The number of hydrogen-bond donors (Lipinski definition) is 1. The molecule has 0 aromatic carbocycles. The van der Waals surface area contributed by atoms with E-state index in [0.717, 1.165) is 6.08 Å². The van der Waals surface area contributed by atoms with Crippen molar-refractivity contribution in [1.29, 1.82) is 0 Å². The smallest absolute Gasteiger partial charge is 0.241 e. The molecule has 4 nitrogen and oxygen atoms in total. The summed E-state index contributed by atoms with van der Waals surface area (Å²) < 4.78 is 0. The third-order valence-electron chi connectivity index (χ3n) is 1.20. The summed E-state index contributed by atoms with van der Waals surface area (Å²) in [6.07, 6.45) is 3.73. The summed E-state index contributed by atoms with van der Waals surface area (Å²) in [5.74, 6) is -0.587. The fourth-order valence-electron chi connectivity index (χ4n) is 0.657. The maximum atomic E-state index is 10.4. The number of carbonyl (C=O) groups excluding carboxylic acids is 1. The van der Waals surface area contributed by atoms with Gasteiger partial charge in [-0.2, -0.15) is 0 Å². The van der Waals surface area contributed by atoms with Crippen LogP contribution in [0.15, 0.2) is 12.4 Å². The van der Waals surface area contributed by atoms with Gasteiger partial charge in [0, 0.05) is 11.6 Å². The second kappa shape index (κ2) is 4.20. The SMILES string of the molecule is NC(=O)C=Cc1c(Cl)ncnc1Cl. The number of rotatable bonds is 2. The van der Waals surface area contributed by atoms with E-state index in [4.69, 9.17) is 28.9 Å². The molecule has 1 rings (SSSR count). The number of halogens is 2. The summed E-state index contributed by atoms with van der Waals surface area (Å²) in [7, 11) is 0. The van der Waals surface area contributed by atoms with Crippen molar-refractivity contribution < 1.29 is 4.79 Å². The van der Waals surface area contributed by atoms with Crippen LogP contribution in [0.2, 0.25) is 10.3 Å². The Morgan fingerprint density at radius 1 is 1.38 bits per heavy atom. The van der Waals surface area contributed by atoms with E-state index in [1.165, 1.54) is 12.4 Å². The first-order valence-corrected chi connectivity index (χ1v) is 4.00. The Morgan fingerprint density at radius 3 is 2.38 bits per heavy atom. The number of amides is 1. The van der Waals surface area contributed by atoms with Gasteiger partial charge in [0.1, 0.15) is 16.6 Å². The summed E-state index contributed by atoms with van der Waals surface area (Å²) in [6, 6.07) is 0. The van der Waals surface area contributed by atoms with Crippen LogP contribution in [0.1, 0.15) is 5.56 Å². The molecule has 0 saturated heterocycles. The van der Waals surface area contributed by atoms with Crippen molar-refractivity contribution in [2.75, 3.05) is 0 Å². The topological polar surface area (TPSA) is 68.9 Å². The predicted molar refractivity (Wildman–Crippen MR) is 50.3 cm³/mol. The van der Waals surface area contributed by atoms with E-state index in [9.17, 15) is 4.79 Å². The molecule has 1 amide bonds. The van der Waals surface area contributed by atoms with Crippen LogP contribution < -0.4 is 5.73 Å². The fraction of sp³-hybridized carbons (Fsp3) is 0. The highest BCUT2D eigenvalue weighted by atomic mass is 35.5. The van der Waals surface area contributed by atoms with E-state index in [-0.39, 0.29) is 10.3 Å². The summed E-state index contributed by atoms with van der Waals surface area (Å²) in [5.41, 5.74) is 5.27. The van der Waals surface area contributed by atoms with Crippen LogP contribution in [0.25, 0.3) is 6.08 Å². The maximum Gasteiger partial charge on any atom is 0.241 e. The van der Waals surface area contributed by atoms with Crippen molar-refractivity contribution in [2.24, 2.45) is 5.73 Å². The number of nitrogens with two attached hydrogens (primary N) is 1. The van der Waals surface area contributed by atoms with Crippen LogP contribution in [-0.4, -0.2) is 15.9 Å². The molecule has 0 aliphatic rings. The van der Waals surface area contributed by atoms with Gasteiger partial charge in [-0.15, -0.1) is 0 Å². The minimum absolute atomic E-state index is 0.178. The molecule has 1 aromatic heterocycles. The van der Waals surface area contributed by atoms with E-state index < -0.39 is 5.91 Å². The lowest BCUT2D eigenvalue weighted by atomic mass is 10.3. The molecule has 0 unspecified atom stereocenters. The van der Waals surface area contributed by atoms with Gasteiger partial charge < -0.3 is 5.73 Å². The molecule has 0 atom stereocenters. The summed E-state index contributed by atoms with van der Waals surface area (Å²) in [6.45, 7) is 0. The maximum absolute atomic E-state index is 10.4. The molecule has 6 heteroatoms. The molecule has 0 fully saturated rings. The molecule has 0 aliphatic heterocycles. The van der Waals surface area contributed by atoms with Crippen molar-refractivity contribution in [1.82, 2.24) is 9.97 Å². The summed E-state index contributed by atoms with van der Waals surface area (Å²) in [5, 5.41) is 0.356. The Labute approximate surface area is 84.4 Å². The Bertz CT molecular complexity index is 345. The van der Waals surface area contributed by atoms with E-state index in [2.05, 4.69) is 9.97 Å². The standard InChI is InChI=1S/C7H5Cl2N3O/c8-6-4(1-2-5(10)13)7(9)12-3-11-6/h1-3H,(H2,10,13). The highest BCUT2D eigenvalue weighted by Gasteiger charge is 2.03. The van der Waals surface area contributed by atoms with Gasteiger partial charge in [0.05, 0.1) is 0 Å². The second-order valence-corrected chi connectivity index (χ2v) is 2.82. The third-order valence-corrected chi connectivity index (χ3v) is 1.80. The summed E-state index contributed by atoms with van der Waals surface area (Å²) >= 11 is 11.3. The second-order valence-electron chi connectivity index (χ2n) is 2.10. The highest BCUT2D eigenvalue weighted by molar-refractivity contribution is 6.35. The molecule has 13 heavy (non-hydrogen) atoms. The first-order valence-electron chi connectivity index (χ1n) is 3.25. The Balaban J connectivity index is 3.06. The minimum Gasteiger partial charge on any atom is -0.366 e. The van der Waals surface area contributed by atoms with Gasteiger partial charge in [0.2, 0.25) is 5.91 Å². The van der Waals surface area contributed by atoms with Crippen molar-refractivity contribution in [3.8, 4) is 0 Å². The Kier molecular flexibility index (Phi) is 3.22. The van der Waals surface area contributed by atoms with Crippen LogP contribution in [0.3, 0.4) is 0 Å². The van der Waals surface area contributed by atoms with E-state index in [1.807, 2.05) is 0 Å². The average molecular weight is 218 g/mol. The zero-order valence-electron chi connectivity index (χ0n) is 6.37. The van der Waals surface area contributed by atoms with Crippen molar-refractivity contribution >= 4 is 35.2 Å². The molecule has 0 spiro atoms. The van der Waals surface area contributed by atoms with E-state index in [0.29, 0.717) is 5.56 Å². The molecule has 0 radical (unpaired) electrons. The Hall–Kier alpha value is -1.13. The van der Waals surface area contributed by atoms with Gasteiger partial charge in [-0.05, 0) is 6.08 Å². The third kappa shape index (κ3) is 2.68. The summed E-state index contributed by atoms with van der Waals surface area (Å²) in [4.78, 5) is 17.8. The van der Waals surface area contributed by atoms with Gasteiger partial charge in [0.25, 0.3) is 0 Å². The fourth-order valence-corrected chi connectivity index (χ4v) is 1.10. The Morgan fingerprint density at radius 2 is 1.92 bits per heavy atom. The van der Waals surface area contributed by atoms with Gasteiger partial charge in [-0.3, -0.25) is 4.79 Å². The lowest BCUT2D eigenvalue weighted by Gasteiger charge is -1.97. The minimum atomic E-state index is -0.587. The van der Waals surface area contributed by atoms with Crippen LogP contribution in [0.4, 0.5) is 0 Å². The van der Waals surface area contributed by atoms with Crippen molar-refractivity contribution in [3.63, 3.8) is 0 Å². The molecule has 1 heterocycles. The van der Waals surface area contributed by atoms with Crippen molar-refractivity contribution in [2.45, 2.75) is 0 Å². The molecule has 2 N–H and O–H groups in total. The molecule has 68 valence electrons. The molecule has 0 bridgehead atoms. The van der Waals surface area contributed by atoms with Crippen molar-refractivity contribution in [3.05, 3.63) is 28.3 Å². The van der Waals surface area contributed by atoms with Crippen LogP contribution >= 0.6 is 23.2 Å². The molecule has 0 aliphatic carbocycles. The lowest BCUT2D eigenvalue weighted by molar-refractivity contribution is -0.113. The largest absolute Gasteiger partial charge is 0.366 e. The van der Waals surface area contributed by atoms with Gasteiger partial charge in [-0.25, -0.2) is 9.97 Å². The predicted octanol–water partition coefficient (Wildman–Crippen LogP) is 1.28. The van der Waals surface area contributed by atoms with E-state index >= 15 is 0 Å². The zero-order valence-corrected chi connectivity index (χ0v) is 7.88. The number of nitrogens with zero attached hydrogens (tertiary/aromatic N) is 2. The molecule has 0 saturated carbocycles. The number of aromatic nitrogens is 2. The first kappa shape index (κ1) is 9.95. The lowest BCUT2D eigenvalue weighted by Crippen LogP contribution is -2.05. The number of hydrogen-bond acceptors (Lipinski definition) is 3. The van der Waals surface area contributed by atoms with Crippen LogP contribution in [-0.2, 0) is 4.79 Å². The average Bonchev–Trinajstić information content (AvgIpc) is 2.03. The molecule has 1 aromatic rings. The van der Waals surface area contributed by atoms with Gasteiger partial charge >= 0.3 is 0 Å². The number of carbonyl (C=O) groups is 1.